The first-order valence-electron chi connectivity index (χ1n) is 10.9. The third kappa shape index (κ3) is 3.77. The van der Waals surface area contributed by atoms with Crippen LogP contribution in [0.1, 0.15) is 0 Å². The number of piperazine rings is 1. The van der Waals surface area contributed by atoms with E-state index in [0.717, 1.165) is 37.3 Å². The summed E-state index contributed by atoms with van der Waals surface area (Å²) < 4.78 is 6.78. The Morgan fingerprint density at radius 1 is 1.00 bits per heavy atom. The minimum absolute atomic E-state index is 0.111. The monoisotopic (exact) mass is 459 g/mol. The predicted molar refractivity (Wildman–Crippen MR) is 131 cm³/mol. The number of nitrogens with zero attached hydrogens (tertiary/aromatic N) is 6. The summed E-state index contributed by atoms with van der Waals surface area (Å²) in [6, 6.07) is 13.0. The van der Waals surface area contributed by atoms with Gasteiger partial charge in [-0.15, -0.1) is 0 Å². The average Bonchev–Trinajstić information content (AvgIpc) is 3.29. The summed E-state index contributed by atoms with van der Waals surface area (Å²) in [6.07, 6.45) is 3.42. The van der Waals surface area contributed by atoms with Gasteiger partial charge in [-0.25, -0.2) is 4.98 Å². The number of aromatic nitrogens is 3. The lowest BCUT2D eigenvalue weighted by Gasteiger charge is -2.34. The van der Waals surface area contributed by atoms with E-state index in [0.29, 0.717) is 22.6 Å². The van der Waals surface area contributed by atoms with Gasteiger partial charge in [-0.3, -0.25) is 10.1 Å². The minimum Gasteiger partial charge on any atom is -0.490 e. The predicted octanol–water partition coefficient (Wildman–Crippen LogP) is 3.31. The van der Waals surface area contributed by atoms with Gasteiger partial charge in [0.2, 0.25) is 0 Å². The molecule has 174 valence electrons. The number of benzene rings is 2. The Hall–Kier alpha value is -4.18. The van der Waals surface area contributed by atoms with Crippen molar-refractivity contribution >= 4 is 22.8 Å². The molecule has 34 heavy (non-hydrogen) atoms. The highest BCUT2D eigenvalue weighted by molar-refractivity contribution is 5.83. The molecular weight excluding hydrogens is 434 g/mol. The highest BCUT2D eigenvalue weighted by atomic mass is 16.6. The Morgan fingerprint density at radius 2 is 1.71 bits per heavy atom. The number of methoxy groups -OCH3 is 1. The maximum Gasteiger partial charge on any atom is 0.310 e. The van der Waals surface area contributed by atoms with Crippen LogP contribution >= 0.6 is 0 Å². The molecular formula is C24H25N7O3. The number of nitrogen functional groups attached to an aromatic ring is 1. The Labute approximate surface area is 196 Å². The van der Waals surface area contributed by atoms with Gasteiger partial charge >= 0.3 is 5.69 Å². The number of nitro groups is 1. The van der Waals surface area contributed by atoms with E-state index in [4.69, 9.17) is 10.5 Å². The molecule has 1 aliphatic heterocycles. The smallest absolute Gasteiger partial charge is 0.310 e. The van der Waals surface area contributed by atoms with Crippen LogP contribution in [-0.2, 0) is 0 Å². The zero-order valence-electron chi connectivity index (χ0n) is 19.0. The molecule has 0 amide bonds. The lowest BCUT2D eigenvalue weighted by molar-refractivity contribution is -0.385. The number of fused-ring (bicyclic) bond motifs is 1. The SMILES string of the molecule is COc1cc(-c2cnc3c(-c4ccc(N5CCN(C)CC5)cc4)cnn3c2N)ccc1[N+](=O)[O-]. The Bertz CT molecular complexity index is 1360. The van der Waals surface area contributed by atoms with Gasteiger partial charge in [0, 0.05) is 55.3 Å². The first-order valence-corrected chi connectivity index (χ1v) is 10.9. The third-order valence-corrected chi connectivity index (χ3v) is 6.30. The Balaban J connectivity index is 1.47. The molecule has 4 aromatic rings. The molecule has 0 atom stereocenters. The molecule has 0 saturated carbocycles. The van der Waals surface area contributed by atoms with Crippen LogP contribution in [0.25, 0.3) is 27.9 Å². The van der Waals surface area contributed by atoms with Crippen molar-refractivity contribution in [3.8, 4) is 28.0 Å². The first-order chi connectivity index (χ1) is 16.5. The molecule has 1 saturated heterocycles. The lowest BCUT2D eigenvalue weighted by atomic mass is 10.1. The molecule has 0 aliphatic carbocycles. The van der Waals surface area contributed by atoms with Gasteiger partial charge in [0.1, 0.15) is 5.82 Å². The van der Waals surface area contributed by atoms with E-state index >= 15 is 0 Å². The van der Waals surface area contributed by atoms with Crippen molar-refractivity contribution in [1.82, 2.24) is 19.5 Å². The Kier molecular flexibility index (Phi) is 5.50. The van der Waals surface area contributed by atoms with Crippen LogP contribution in [-0.4, -0.2) is 64.8 Å². The van der Waals surface area contributed by atoms with Crippen molar-refractivity contribution in [2.24, 2.45) is 0 Å². The second-order valence-electron chi connectivity index (χ2n) is 8.33. The maximum atomic E-state index is 11.2. The highest BCUT2D eigenvalue weighted by Crippen LogP contribution is 2.35. The van der Waals surface area contributed by atoms with E-state index in [1.54, 1.807) is 29.0 Å². The molecule has 10 heteroatoms. The zero-order chi connectivity index (χ0) is 23.8. The van der Waals surface area contributed by atoms with Crippen molar-refractivity contribution in [2.75, 3.05) is 51.0 Å². The van der Waals surface area contributed by atoms with Gasteiger partial charge in [-0.2, -0.15) is 9.61 Å². The summed E-state index contributed by atoms with van der Waals surface area (Å²) in [6.45, 7) is 4.14. The van der Waals surface area contributed by atoms with Crippen LogP contribution in [0.3, 0.4) is 0 Å². The van der Waals surface area contributed by atoms with Crippen LogP contribution in [0.4, 0.5) is 17.2 Å². The van der Waals surface area contributed by atoms with Crippen molar-refractivity contribution in [2.45, 2.75) is 0 Å². The lowest BCUT2D eigenvalue weighted by Crippen LogP contribution is -2.44. The number of rotatable bonds is 5. The van der Waals surface area contributed by atoms with Crippen LogP contribution in [0.5, 0.6) is 5.75 Å². The van der Waals surface area contributed by atoms with Gasteiger partial charge in [0.15, 0.2) is 11.4 Å². The van der Waals surface area contributed by atoms with Crippen molar-refractivity contribution in [1.29, 1.82) is 0 Å². The molecule has 1 aliphatic rings. The van der Waals surface area contributed by atoms with Crippen LogP contribution in [0.2, 0.25) is 0 Å². The van der Waals surface area contributed by atoms with Crippen molar-refractivity contribution in [3.63, 3.8) is 0 Å². The van der Waals surface area contributed by atoms with E-state index in [9.17, 15) is 10.1 Å². The number of ether oxygens (including phenoxy) is 1. The minimum atomic E-state index is -0.484. The first kappa shape index (κ1) is 21.7. The number of nitro benzene ring substituents is 1. The molecule has 0 spiro atoms. The summed E-state index contributed by atoms with van der Waals surface area (Å²) in [7, 11) is 3.54. The van der Waals surface area contributed by atoms with Crippen molar-refractivity contribution < 1.29 is 9.66 Å². The van der Waals surface area contributed by atoms with Gasteiger partial charge in [-0.1, -0.05) is 12.1 Å². The molecule has 0 unspecified atom stereocenters. The summed E-state index contributed by atoms with van der Waals surface area (Å²) in [5.74, 6) is 0.546. The summed E-state index contributed by atoms with van der Waals surface area (Å²) in [5, 5.41) is 15.7. The normalized spacial score (nSPS) is 14.5. The van der Waals surface area contributed by atoms with E-state index in [2.05, 4.69) is 51.2 Å². The van der Waals surface area contributed by atoms with Crippen LogP contribution < -0.4 is 15.4 Å². The van der Waals surface area contributed by atoms with Gasteiger partial charge in [-0.05, 0) is 42.4 Å². The quantitative estimate of drug-likeness (QED) is 0.357. The fourth-order valence-corrected chi connectivity index (χ4v) is 4.29. The van der Waals surface area contributed by atoms with Crippen LogP contribution in [0, 0.1) is 10.1 Å². The molecule has 10 nitrogen and oxygen atoms in total. The third-order valence-electron chi connectivity index (χ3n) is 6.30. The number of hydrogen-bond donors (Lipinski definition) is 1. The maximum absolute atomic E-state index is 11.2. The number of anilines is 2. The van der Waals surface area contributed by atoms with Crippen molar-refractivity contribution in [3.05, 3.63) is 65.0 Å². The largest absolute Gasteiger partial charge is 0.490 e. The summed E-state index contributed by atoms with van der Waals surface area (Å²) in [4.78, 5) is 20.1. The highest BCUT2D eigenvalue weighted by Gasteiger charge is 2.19. The zero-order valence-corrected chi connectivity index (χ0v) is 19.0. The van der Waals surface area contributed by atoms with E-state index in [-0.39, 0.29) is 11.4 Å². The fraction of sp³-hybridized carbons (Fsp3) is 0.250. The molecule has 0 radical (unpaired) electrons. The summed E-state index contributed by atoms with van der Waals surface area (Å²) in [5.41, 5.74) is 11.3. The second kappa shape index (κ2) is 8.64. The molecule has 3 heterocycles. The number of nitrogens with two attached hydrogens (primary N) is 1. The van der Waals surface area contributed by atoms with Gasteiger partial charge < -0.3 is 20.3 Å². The second-order valence-corrected chi connectivity index (χ2v) is 8.33. The van der Waals surface area contributed by atoms with E-state index in [1.165, 1.54) is 18.9 Å². The molecule has 1 fully saturated rings. The molecule has 5 rings (SSSR count). The van der Waals surface area contributed by atoms with Gasteiger partial charge in [0.25, 0.3) is 0 Å². The average molecular weight is 460 g/mol. The van der Waals surface area contributed by atoms with E-state index in [1.807, 2.05) is 0 Å². The van der Waals surface area contributed by atoms with Crippen LogP contribution in [0.15, 0.2) is 54.9 Å². The number of likely N-dealkylation sites (N-methyl/N-ethyl adjacent to an activating group) is 1. The Morgan fingerprint density at radius 3 is 2.38 bits per heavy atom. The molecule has 2 aromatic carbocycles. The summed E-state index contributed by atoms with van der Waals surface area (Å²) >= 11 is 0. The van der Waals surface area contributed by atoms with Gasteiger partial charge in [0.05, 0.1) is 18.2 Å². The fourth-order valence-electron chi connectivity index (χ4n) is 4.29. The number of hydrogen-bond acceptors (Lipinski definition) is 8. The molecule has 2 N–H and O–H groups in total. The molecule has 0 bridgehead atoms. The topological polar surface area (TPSA) is 115 Å². The van der Waals surface area contributed by atoms with E-state index < -0.39 is 4.92 Å². The standard InChI is InChI=1S/C24H25N7O3/c1-28-9-11-29(12-10-28)18-6-3-16(4-7-18)20-15-27-30-23(25)19(14-26-24(20)30)17-5-8-21(31(32)33)22(13-17)34-2/h3-8,13-15H,9-12,25H2,1-2H3. The molecule has 2 aromatic heterocycles.